The van der Waals surface area contributed by atoms with Gasteiger partial charge in [0.1, 0.15) is 22.0 Å². The average molecular weight is 485 g/mol. The van der Waals surface area contributed by atoms with E-state index in [1.807, 2.05) is 0 Å². The SMILES string of the molecule is COC(=O)c1cc(CN(C)C(=O)c2ccc(Cl)c(S(=O)(=O)NCC3CCCO3)c2)oc1C. The monoisotopic (exact) mass is 484 g/mol. The fraction of sp³-hybridized carbons (Fsp3) is 0.429. The number of carbonyl (C=O) groups excluding carboxylic acids is 2. The van der Waals surface area contributed by atoms with Crippen LogP contribution in [0.2, 0.25) is 5.02 Å². The van der Waals surface area contributed by atoms with E-state index in [0.717, 1.165) is 12.8 Å². The first-order valence-corrected chi connectivity index (χ1v) is 11.8. The normalized spacial score (nSPS) is 16.2. The van der Waals surface area contributed by atoms with Crippen molar-refractivity contribution in [1.29, 1.82) is 0 Å². The number of sulfonamides is 1. The molecule has 2 heterocycles. The highest BCUT2D eigenvalue weighted by Gasteiger charge is 2.25. The predicted molar refractivity (Wildman–Crippen MR) is 116 cm³/mol. The van der Waals surface area contributed by atoms with E-state index < -0.39 is 21.9 Å². The third-order valence-electron chi connectivity index (χ3n) is 5.11. The fourth-order valence-electron chi connectivity index (χ4n) is 3.39. The maximum absolute atomic E-state index is 12.9. The number of methoxy groups -OCH3 is 1. The number of hydrogen-bond acceptors (Lipinski definition) is 7. The molecule has 1 fully saturated rings. The number of benzene rings is 1. The number of furan rings is 1. The summed E-state index contributed by atoms with van der Waals surface area (Å²) >= 11 is 6.12. The van der Waals surface area contributed by atoms with Gasteiger partial charge in [0, 0.05) is 25.8 Å². The summed E-state index contributed by atoms with van der Waals surface area (Å²) in [5, 5.41) is 0.00780. The minimum absolute atomic E-state index is 0.00780. The molecular weight excluding hydrogens is 460 g/mol. The number of rotatable bonds is 8. The second kappa shape index (κ2) is 10.0. The van der Waals surface area contributed by atoms with Crippen LogP contribution in [0.5, 0.6) is 0 Å². The van der Waals surface area contributed by atoms with Crippen molar-refractivity contribution in [2.75, 3.05) is 27.3 Å². The second-order valence-electron chi connectivity index (χ2n) is 7.47. The van der Waals surface area contributed by atoms with E-state index in [9.17, 15) is 18.0 Å². The fourth-order valence-corrected chi connectivity index (χ4v) is 4.98. The van der Waals surface area contributed by atoms with E-state index in [1.54, 1.807) is 6.92 Å². The number of halogens is 1. The third-order valence-corrected chi connectivity index (χ3v) is 7.01. The van der Waals surface area contributed by atoms with E-state index in [0.29, 0.717) is 18.1 Å². The molecule has 0 bridgehead atoms. The Labute approximate surface area is 191 Å². The summed E-state index contributed by atoms with van der Waals surface area (Å²) in [4.78, 5) is 25.8. The Balaban J connectivity index is 1.74. The van der Waals surface area contributed by atoms with Gasteiger partial charge in [-0.1, -0.05) is 11.6 Å². The Kier molecular flexibility index (Phi) is 7.60. The van der Waals surface area contributed by atoms with Crippen molar-refractivity contribution in [2.45, 2.75) is 37.3 Å². The molecule has 32 heavy (non-hydrogen) atoms. The van der Waals surface area contributed by atoms with Gasteiger partial charge in [-0.15, -0.1) is 0 Å². The molecule has 1 aliphatic heterocycles. The number of hydrogen-bond donors (Lipinski definition) is 1. The number of amides is 1. The quantitative estimate of drug-likeness (QED) is 0.573. The topological polar surface area (TPSA) is 115 Å². The zero-order valence-electron chi connectivity index (χ0n) is 18.0. The van der Waals surface area contributed by atoms with Crippen LogP contribution in [0.25, 0.3) is 0 Å². The van der Waals surface area contributed by atoms with Gasteiger partial charge in [-0.25, -0.2) is 17.9 Å². The predicted octanol–water partition coefficient (Wildman–Crippen LogP) is 2.76. The van der Waals surface area contributed by atoms with Crippen LogP contribution in [0.3, 0.4) is 0 Å². The Hall–Kier alpha value is -2.40. The number of nitrogens with one attached hydrogen (secondary N) is 1. The summed E-state index contributed by atoms with van der Waals surface area (Å²) in [7, 11) is -1.13. The Bertz CT molecular complexity index is 1110. The lowest BCUT2D eigenvalue weighted by Gasteiger charge is -2.17. The van der Waals surface area contributed by atoms with E-state index in [-0.39, 0.29) is 40.2 Å². The van der Waals surface area contributed by atoms with Crippen LogP contribution >= 0.6 is 11.6 Å². The van der Waals surface area contributed by atoms with Gasteiger partial charge in [-0.2, -0.15) is 0 Å². The van der Waals surface area contributed by atoms with Crippen molar-refractivity contribution < 1.29 is 31.9 Å². The minimum atomic E-state index is -3.94. The van der Waals surface area contributed by atoms with Gasteiger partial charge in [0.25, 0.3) is 5.91 Å². The molecule has 1 unspecified atom stereocenters. The first-order valence-electron chi connectivity index (χ1n) is 9.96. The molecule has 11 heteroatoms. The summed E-state index contributed by atoms with van der Waals surface area (Å²) < 4.78 is 43.7. The van der Waals surface area contributed by atoms with Crippen molar-refractivity contribution in [3.63, 3.8) is 0 Å². The molecular formula is C21H25ClN2O7S. The Morgan fingerprint density at radius 1 is 1.31 bits per heavy atom. The molecule has 0 aliphatic carbocycles. The smallest absolute Gasteiger partial charge is 0.341 e. The van der Waals surface area contributed by atoms with Crippen molar-refractivity contribution in [3.05, 3.63) is 51.9 Å². The number of carbonyl (C=O) groups is 2. The van der Waals surface area contributed by atoms with Crippen molar-refractivity contribution >= 4 is 33.5 Å². The summed E-state index contributed by atoms with van der Waals surface area (Å²) in [5.41, 5.74) is 0.423. The van der Waals surface area contributed by atoms with Crippen LogP contribution < -0.4 is 4.72 Å². The van der Waals surface area contributed by atoms with Crippen LogP contribution in [0, 0.1) is 6.92 Å². The average Bonchev–Trinajstić information content (AvgIpc) is 3.41. The summed E-state index contributed by atoms with van der Waals surface area (Å²) in [6.45, 7) is 2.44. The summed E-state index contributed by atoms with van der Waals surface area (Å²) in [6.07, 6.45) is 1.50. The largest absolute Gasteiger partial charge is 0.465 e. The van der Waals surface area contributed by atoms with Crippen LogP contribution in [0.15, 0.2) is 33.6 Å². The van der Waals surface area contributed by atoms with Crippen molar-refractivity contribution in [1.82, 2.24) is 9.62 Å². The molecule has 1 atom stereocenters. The van der Waals surface area contributed by atoms with Crippen LogP contribution in [0.4, 0.5) is 0 Å². The van der Waals surface area contributed by atoms with E-state index >= 15 is 0 Å². The number of ether oxygens (including phenoxy) is 2. The van der Waals surface area contributed by atoms with E-state index in [4.69, 9.17) is 25.5 Å². The summed E-state index contributed by atoms with van der Waals surface area (Å²) in [5.74, 6) is -0.205. The molecule has 9 nitrogen and oxygen atoms in total. The van der Waals surface area contributed by atoms with E-state index in [1.165, 1.54) is 43.3 Å². The maximum atomic E-state index is 12.9. The standard InChI is InChI=1S/C21H25ClN2O7S/c1-13-17(21(26)29-3)10-16(31-13)12-24(2)20(25)14-6-7-18(22)19(9-14)32(27,28)23-11-15-5-4-8-30-15/h6-7,9-10,15,23H,4-5,8,11-12H2,1-3H3. The van der Waals surface area contributed by atoms with Crippen LogP contribution in [-0.2, 0) is 26.0 Å². The van der Waals surface area contributed by atoms with Crippen molar-refractivity contribution in [3.8, 4) is 0 Å². The minimum Gasteiger partial charge on any atom is -0.465 e. The van der Waals surface area contributed by atoms with Gasteiger partial charge in [0.15, 0.2) is 0 Å². The molecule has 1 aromatic heterocycles. The van der Waals surface area contributed by atoms with Gasteiger partial charge >= 0.3 is 5.97 Å². The van der Waals surface area contributed by atoms with Gasteiger partial charge in [-0.05, 0) is 44.0 Å². The number of nitrogens with zero attached hydrogens (tertiary/aromatic N) is 1. The zero-order chi connectivity index (χ0) is 23.5. The van der Waals surface area contributed by atoms with Gasteiger partial charge in [0.2, 0.25) is 10.0 Å². The molecule has 1 aromatic carbocycles. The third kappa shape index (κ3) is 5.50. The Morgan fingerprint density at radius 2 is 2.06 bits per heavy atom. The maximum Gasteiger partial charge on any atom is 0.341 e. The molecule has 1 amide bonds. The second-order valence-corrected chi connectivity index (χ2v) is 9.61. The van der Waals surface area contributed by atoms with Gasteiger partial charge < -0.3 is 18.8 Å². The van der Waals surface area contributed by atoms with E-state index in [2.05, 4.69) is 4.72 Å². The zero-order valence-corrected chi connectivity index (χ0v) is 19.6. The first-order chi connectivity index (χ1) is 15.1. The molecule has 1 saturated heterocycles. The molecule has 0 radical (unpaired) electrons. The molecule has 3 rings (SSSR count). The highest BCUT2D eigenvalue weighted by atomic mass is 35.5. The lowest BCUT2D eigenvalue weighted by Crippen LogP contribution is -2.32. The molecule has 1 aliphatic rings. The Morgan fingerprint density at radius 3 is 2.72 bits per heavy atom. The molecule has 0 spiro atoms. The van der Waals surface area contributed by atoms with Gasteiger partial charge in [-0.3, -0.25) is 4.79 Å². The van der Waals surface area contributed by atoms with Crippen molar-refractivity contribution in [2.24, 2.45) is 0 Å². The molecule has 174 valence electrons. The molecule has 2 aromatic rings. The first kappa shape index (κ1) is 24.2. The highest BCUT2D eigenvalue weighted by Crippen LogP contribution is 2.24. The van der Waals surface area contributed by atoms with Crippen LogP contribution in [-0.4, -0.2) is 58.6 Å². The number of aryl methyl sites for hydroxylation is 1. The lowest BCUT2D eigenvalue weighted by atomic mass is 10.2. The lowest BCUT2D eigenvalue weighted by molar-refractivity contribution is 0.0598. The van der Waals surface area contributed by atoms with Crippen LogP contribution in [0.1, 0.15) is 45.1 Å². The summed E-state index contributed by atoms with van der Waals surface area (Å²) in [6, 6.07) is 5.58. The molecule has 1 N–H and O–H groups in total. The highest BCUT2D eigenvalue weighted by molar-refractivity contribution is 7.89. The molecule has 0 saturated carbocycles. The van der Waals surface area contributed by atoms with Gasteiger partial charge in [0.05, 0.1) is 24.8 Å². The number of esters is 1.